The number of nitrogens with one attached hydrogen (secondary N) is 2. The summed E-state index contributed by atoms with van der Waals surface area (Å²) in [4.78, 5) is 20.2. The quantitative estimate of drug-likeness (QED) is 0.441. The zero-order chi connectivity index (χ0) is 20.7. The molecule has 0 amide bonds. The van der Waals surface area contributed by atoms with Crippen LogP contribution >= 0.6 is 0 Å². The number of hydrogen-bond acceptors (Lipinski definition) is 5. The van der Waals surface area contributed by atoms with Gasteiger partial charge in [0.25, 0.3) is 0 Å². The number of aromatic amines is 1. The monoisotopic (exact) mass is 402 g/mol. The van der Waals surface area contributed by atoms with Gasteiger partial charge in [0.2, 0.25) is 0 Å². The van der Waals surface area contributed by atoms with Crippen molar-refractivity contribution in [1.82, 2.24) is 24.9 Å². The van der Waals surface area contributed by atoms with E-state index in [9.17, 15) is 8.78 Å². The van der Waals surface area contributed by atoms with Crippen molar-refractivity contribution in [3.8, 4) is 11.1 Å². The molecule has 148 valence electrons. The van der Waals surface area contributed by atoms with Crippen molar-refractivity contribution in [3.05, 3.63) is 78.5 Å². The highest BCUT2D eigenvalue weighted by Crippen LogP contribution is 2.36. The molecule has 0 spiro atoms. The summed E-state index contributed by atoms with van der Waals surface area (Å²) in [5.41, 5.74) is 3.82. The van der Waals surface area contributed by atoms with Crippen molar-refractivity contribution in [1.29, 1.82) is 0 Å². The topological polar surface area (TPSA) is 79.4 Å². The number of benzene rings is 2. The van der Waals surface area contributed by atoms with Gasteiger partial charge in [-0.15, -0.1) is 0 Å². The molecule has 8 heteroatoms. The number of H-pyrrole nitrogens is 1. The summed E-state index contributed by atoms with van der Waals surface area (Å²) >= 11 is 0. The van der Waals surface area contributed by atoms with Gasteiger partial charge in [-0.3, -0.25) is 4.98 Å². The summed E-state index contributed by atoms with van der Waals surface area (Å²) < 4.78 is 28.1. The number of nitrogens with zero attached hydrogens (tertiary/aromatic N) is 4. The van der Waals surface area contributed by atoms with Crippen LogP contribution in [-0.4, -0.2) is 24.9 Å². The first-order valence-electron chi connectivity index (χ1n) is 9.35. The second kappa shape index (κ2) is 7.14. The first-order chi connectivity index (χ1) is 14.6. The third kappa shape index (κ3) is 3.12. The van der Waals surface area contributed by atoms with Gasteiger partial charge in [-0.25, -0.2) is 23.7 Å². The van der Waals surface area contributed by atoms with Gasteiger partial charge >= 0.3 is 0 Å². The summed E-state index contributed by atoms with van der Waals surface area (Å²) in [6.07, 6.45) is 4.66. The lowest BCUT2D eigenvalue weighted by molar-refractivity contribution is 0.584. The minimum absolute atomic E-state index is 0.257. The summed E-state index contributed by atoms with van der Waals surface area (Å²) in [7, 11) is 0. The van der Waals surface area contributed by atoms with E-state index in [1.54, 1.807) is 12.5 Å². The zero-order valence-corrected chi connectivity index (χ0v) is 15.9. The Bertz CT molecular complexity index is 1360. The Hall–Kier alpha value is -3.94. The van der Waals surface area contributed by atoms with Crippen LogP contribution in [0, 0.1) is 11.6 Å². The molecule has 0 aliphatic heterocycles. The molecule has 30 heavy (non-hydrogen) atoms. The van der Waals surface area contributed by atoms with Crippen LogP contribution in [0.1, 0.15) is 18.5 Å². The number of fused-ring (bicyclic) bond motifs is 2. The maximum atomic E-state index is 14.0. The smallest absolute Gasteiger partial charge is 0.162 e. The molecule has 3 heterocycles. The number of hydrogen-bond donors (Lipinski definition) is 2. The van der Waals surface area contributed by atoms with Gasteiger partial charge < -0.3 is 10.3 Å². The second-order valence-electron chi connectivity index (χ2n) is 6.95. The van der Waals surface area contributed by atoms with Crippen LogP contribution < -0.4 is 5.32 Å². The normalized spacial score (nSPS) is 12.4. The fourth-order valence-corrected chi connectivity index (χ4v) is 3.68. The van der Waals surface area contributed by atoms with Gasteiger partial charge in [-0.1, -0.05) is 18.2 Å². The van der Waals surface area contributed by atoms with Crippen LogP contribution in [-0.2, 0) is 0 Å². The molecule has 0 aliphatic carbocycles. The van der Waals surface area contributed by atoms with E-state index in [4.69, 9.17) is 0 Å². The lowest BCUT2D eigenvalue weighted by Crippen LogP contribution is -2.10. The summed E-state index contributed by atoms with van der Waals surface area (Å²) in [6, 6.07) is 10.9. The Morgan fingerprint density at radius 1 is 0.933 bits per heavy atom. The lowest BCUT2D eigenvalue weighted by atomic mass is 9.92. The van der Waals surface area contributed by atoms with Gasteiger partial charge in [0, 0.05) is 23.2 Å². The zero-order valence-electron chi connectivity index (χ0n) is 15.9. The molecule has 6 nitrogen and oxygen atoms in total. The van der Waals surface area contributed by atoms with Crippen LogP contribution in [0.15, 0.2) is 61.3 Å². The second-order valence-corrected chi connectivity index (χ2v) is 6.95. The third-order valence-electron chi connectivity index (χ3n) is 5.00. The number of anilines is 1. The van der Waals surface area contributed by atoms with Gasteiger partial charge in [-0.05, 0) is 36.2 Å². The minimum atomic E-state index is -0.640. The van der Waals surface area contributed by atoms with Crippen molar-refractivity contribution in [3.63, 3.8) is 0 Å². The fourth-order valence-electron chi connectivity index (χ4n) is 3.68. The Labute approximate surface area is 170 Å². The van der Waals surface area contributed by atoms with E-state index in [1.807, 2.05) is 31.2 Å². The van der Waals surface area contributed by atoms with Crippen molar-refractivity contribution in [2.75, 3.05) is 5.32 Å². The van der Waals surface area contributed by atoms with E-state index in [2.05, 4.69) is 30.2 Å². The molecule has 0 radical (unpaired) electrons. The van der Waals surface area contributed by atoms with Crippen LogP contribution in [0.3, 0.4) is 0 Å². The van der Waals surface area contributed by atoms with Crippen molar-refractivity contribution in [2.45, 2.75) is 13.0 Å². The maximum absolute atomic E-state index is 14.0. The number of pyridine rings is 1. The van der Waals surface area contributed by atoms with E-state index >= 15 is 0 Å². The number of imidazole rings is 1. The Balaban J connectivity index is 1.67. The van der Waals surface area contributed by atoms with Crippen LogP contribution in [0.25, 0.3) is 33.2 Å². The van der Waals surface area contributed by atoms with E-state index in [0.29, 0.717) is 33.6 Å². The van der Waals surface area contributed by atoms with Crippen molar-refractivity contribution < 1.29 is 8.78 Å². The largest absolute Gasteiger partial charge is 0.362 e. The molecule has 0 bridgehead atoms. The summed E-state index contributed by atoms with van der Waals surface area (Å²) in [5.74, 6) is -0.719. The average molecular weight is 402 g/mol. The average Bonchev–Trinajstić information content (AvgIpc) is 3.22. The molecule has 2 N–H and O–H groups in total. The maximum Gasteiger partial charge on any atom is 0.162 e. The molecule has 0 aliphatic rings. The highest BCUT2D eigenvalue weighted by Gasteiger charge is 2.19. The van der Waals surface area contributed by atoms with Crippen LogP contribution in [0.5, 0.6) is 0 Å². The van der Waals surface area contributed by atoms with Gasteiger partial charge in [0.1, 0.15) is 23.5 Å². The molecule has 5 aromatic rings. The molecule has 0 saturated heterocycles. The molecule has 3 aromatic heterocycles. The molecular weight excluding hydrogens is 386 g/mol. The molecule has 0 saturated carbocycles. The molecule has 2 aromatic carbocycles. The molecule has 1 atom stereocenters. The Morgan fingerprint density at radius 3 is 2.60 bits per heavy atom. The van der Waals surface area contributed by atoms with Crippen LogP contribution in [0.2, 0.25) is 0 Å². The number of rotatable bonds is 4. The van der Waals surface area contributed by atoms with E-state index in [1.165, 1.54) is 18.5 Å². The van der Waals surface area contributed by atoms with Crippen LogP contribution in [0.4, 0.5) is 14.6 Å². The highest BCUT2D eigenvalue weighted by molar-refractivity contribution is 5.96. The number of aromatic nitrogens is 5. The Morgan fingerprint density at radius 2 is 1.77 bits per heavy atom. The predicted molar refractivity (Wildman–Crippen MR) is 111 cm³/mol. The summed E-state index contributed by atoms with van der Waals surface area (Å²) in [5, 5.41) is 4.22. The third-order valence-corrected chi connectivity index (χ3v) is 5.00. The van der Waals surface area contributed by atoms with Gasteiger partial charge in [0.05, 0.1) is 17.9 Å². The highest BCUT2D eigenvalue weighted by atomic mass is 19.1. The number of halogens is 2. The van der Waals surface area contributed by atoms with Gasteiger partial charge in [-0.2, -0.15) is 0 Å². The fraction of sp³-hybridized carbons (Fsp3) is 0.0909. The molecule has 1 unspecified atom stereocenters. The molecular formula is C22H16F2N6. The van der Waals surface area contributed by atoms with E-state index in [0.717, 1.165) is 17.0 Å². The van der Waals surface area contributed by atoms with Gasteiger partial charge in [0.15, 0.2) is 11.5 Å². The van der Waals surface area contributed by atoms with Crippen molar-refractivity contribution >= 4 is 27.9 Å². The standard InChI is InChI=1S/C22H16F2N6/c1-12(30-22-20-21(27-10-26-20)28-11-29-22)17-5-4-13-3-2-6-25-19(13)18(17)14-7-15(23)9-16(24)8-14/h2-12H,1H3,(H2,26,27,28,29,30). The van der Waals surface area contributed by atoms with E-state index in [-0.39, 0.29) is 6.04 Å². The lowest BCUT2D eigenvalue weighted by Gasteiger charge is -2.20. The molecule has 5 rings (SSSR count). The first-order valence-corrected chi connectivity index (χ1v) is 9.35. The molecule has 0 fully saturated rings. The summed E-state index contributed by atoms with van der Waals surface area (Å²) in [6.45, 7) is 1.95. The SMILES string of the molecule is CC(Nc1ncnc2[nH]cnc12)c1ccc2cccnc2c1-c1cc(F)cc(F)c1. The van der Waals surface area contributed by atoms with E-state index < -0.39 is 11.6 Å². The minimum Gasteiger partial charge on any atom is -0.362 e. The predicted octanol–water partition coefficient (Wildman–Crippen LogP) is 5.02. The first kappa shape index (κ1) is 18.1. The Kier molecular flexibility index (Phi) is 4.31. The van der Waals surface area contributed by atoms with Crippen molar-refractivity contribution in [2.24, 2.45) is 0 Å².